The van der Waals surface area contributed by atoms with Crippen molar-refractivity contribution >= 4 is 0 Å². The lowest BCUT2D eigenvalue weighted by molar-refractivity contribution is 0.228. The molecular weight excluding hydrogens is 222 g/mol. The molecule has 1 aliphatic carbocycles. The Kier molecular flexibility index (Phi) is 4.10. The van der Waals surface area contributed by atoms with Crippen molar-refractivity contribution in [2.24, 2.45) is 5.41 Å². The first-order valence-electron chi connectivity index (χ1n) is 7.26. The SMILES string of the molecule is CNC(Cc1ccn(C(C)C)n1)C1(C)CCCC1. The molecule has 102 valence electrons. The number of hydrogen-bond donors (Lipinski definition) is 1. The quantitative estimate of drug-likeness (QED) is 0.868. The molecule has 1 unspecified atom stereocenters. The predicted molar refractivity (Wildman–Crippen MR) is 75.7 cm³/mol. The van der Waals surface area contributed by atoms with Gasteiger partial charge in [0.15, 0.2) is 0 Å². The fourth-order valence-corrected chi connectivity index (χ4v) is 3.21. The van der Waals surface area contributed by atoms with E-state index in [4.69, 9.17) is 0 Å². The van der Waals surface area contributed by atoms with Gasteiger partial charge in [-0.25, -0.2) is 0 Å². The molecular formula is C15H27N3. The molecule has 1 N–H and O–H groups in total. The maximum Gasteiger partial charge on any atom is 0.0640 e. The lowest BCUT2D eigenvalue weighted by atomic mass is 9.78. The van der Waals surface area contributed by atoms with Crippen LogP contribution in [0.3, 0.4) is 0 Å². The molecule has 1 fully saturated rings. The summed E-state index contributed by atoms with van der Waals surface area (Å²) in [6, 6.07) is 3.17. The van der Waals surface area contributed by atoms with Crippen LogP contribution in [0.25, 0.3) is 0 Å². The molecule has 3 heteroatoms. The molecule has 0 bridgehead atoms. The summed E-state index contributed by atoms with van der Waals surface area (Å²) in [5.74, 6) is 0. The van der Waals surface area contributed by atoms with Gasteiger partial charge < -0.3 is 5.32 Å². The van der Waals surface area contributed by atoms with Gasteiger partial charge >= 0.3 is 0 Å². The predicted octanol–water partition coefficient (Wildman–Crippen LogP) is 3.17. The van der Waals surface area contributed by atoms with Crippen molar-refractivity contribution in [2.75, 3.05) is 7.05 Å². The van der Waals surface area contributed by atoms with E-state index in [0.717, 1.165) is 6.42 Å². The summed E-state index contributed by atoms with van der Waals surface area (Å²) in [5, 5.41) is 8.20. The highest BCUT2D eigenvalue weighted by atomic mass is 15.3. The van der Waals surface area contributed by atoms with E-state index < -0.39 is 0 Å². The largest absolute Gasteiger partial charge is 0.316 e. The zero-order valence-electron chi connectivity index (χ0n) is 12.2. The molecule has 1 saturated carbocycles. The van der Waals surface area contributed by atoms with Crippen molar-refractivity contribution in [3.8, 4) is 0 Å². The van der Waals surface area contributed by atoms with Crippen molar-refractivity contribution in [3.05, 3.63) is 18.0 Å². The number of nitrogens with one attached hydrogen (secondary N) is 1. The van der Waals surface area contributed by atoms with Gasteiger partial charge in [0.25, 0.3) is 0 Å². The second-order valence-electron chi connectivity index (χ2n) is 6.29. The molecule has 1 aromatic heterocycles. The van der Waals surface area contributed by atoms with Gasteiger partial charge in [0, 0.05) is 24.7 Å². The fraction of sp³-hybridized carbons (Fsp3) is 0.800. The molecule has 0 aliphatic heterocycles. The first-order chi connectivity index (χ1) is 8.55. The number of hydrogen-bond acceptors (Lipinski definition) is 2. The molecule has 0 saturated heterocycles. The van der Waals surface area contributed by atoms with E-state index in [0.29, 0.717) is 17.5 Å². The summed E-state index contributed by atoms with van der Waals surface area (Å²) in [6.07, 6.45) is 8.62. The van der Waals surface area contributed by atoms with E-state index in [2.05, 4.69) is 55.2 Å². The van der Waals surface area contributed by atoms with Gasteiger partial charge in [-0.05, 0) is 45.2 Å². The zero-order chi connectivity index (χ0) is 13.2. The Morgan fingerprint density at radius 3 is 2.56 bits per heavy atom. The summed E-state index contributed by atoms with van der Waals surface area (Å²) in [6.45, 7) is 6.77. The van der Waals surface area contributed by atoms with Crippen molar-refractivity contribution in [1.29, 1.82) is 0 Å². The molecule has 2 rings (SSSR count). The molecule has 3 nitrogen and oxygen atoms in total. The smallest absolute Gasteiger partial charge is 0.0640 e. The first kappa shape index (κ1) is 13.6. The Labute approximate surface area is 111 Å². The molecule has 0 amide bonds. The second kappa shape index (κ2) is 5.43. The Hall–Kier alpha value is -0.830. The van der Waals surface area contributed by atoms with Crippen LogP contribution >= 0.6 is 0 Å². The minimum Gasteiger partial charge on any atom is -0.316 e. The minimum atomic E-state index is 0.453. The normalized spacial score (nSPS) is 20.5. The molecule has 0 spiro atoms. The maximum atomic E-state index is 4.68. The monoisotopic (exact) mass is 249 g/mol. The summed E-state index contributed by atoms with van der Waals surface area (Å²) in [5.41, 5.74) is 1.67. The first-order valence-corrected chi connectivity index (χ1v) is 7.26. The highest BCUT2D eigenvalue weighted by molar-refractivity contribution is 5.05. The molecule has 1 atom stereocenters. The van der Waals surface area contributed by atoms with E-state index in [1.165, 1.54) is 31.4 Å². The summed E-state index contributed by atoms with van der Waals surface area (Å²) in [7, 11) is 2.09. The number of nitrogens with zero attached hydrogens (tertiary/aromatic N) is 2. The highest BCUT2D eigenvalue weighted by Crippen LogP contribution is 2.41. The standard InChI is InChI=1S/C15H27N3/c1-12(2)18-10-7-13(17-18)11-14(16-4)15(3)8-5-6-9-15/h7,10,12,14,16H,5-6,8-9,11H2,1-4H3. The Morgan fingerprint density at radius 2 is 2.06 bits per heavy atom. The van der Waals surface area contributed by atoms with E-state index >= 15 is 0 Å². The van der Waals surface area contributed by atoms with Crippen LogP contribution in [0.15, 0.2) is 12.3 Å². The maximum absolute atomic E-state index is 4.68. The lowest BCUT2D eigenvalue weighted by Gasteiger charge is -2.33. The van der Waals surface area contributed by atoms with Crippen LogP contribution in [-0.2, 0) is 6.42 Å². The van der Waals surface area contributed by atoms with Gasteiger partial charge in [-0.15, -0.1) is 0 Å². The number of rotatable bonds is 5. The molecule has 0 radical (unpaired) electrons. The average Bonchev–Trinajstić information content (AvgIpc) is 2.95. The summed E-state index contributed by atoms with van der Waals surface area (Å²) in [4.78, 5) is 0. The Morgan fingerprint density at radius 1 is 1.39 bits per heavy atom. The zero-order valence-corrected chi connectivity index (χ0v) is 12.2. The highest BCUT2D eigenvalue weighted by Gasteiger charge is 2.36. The summed E-state index contributed by atoms with van der Waals surface area (Å²) >= 11 is 0. The Balaban J connectivity index is 2.05. The summed E-state index contributed by atoms with van der Waals surface area (Å²) < 4.78 is 2.05. The van der Waals surface area contributed by atoms with E-state index in [1.54, 1.807) is 0 Å². The van der Waals surface area contributed by atoms with Crippen molar-refractivity contribution in [2.45, 2.75) is 65.0 Å². The molecule has 1 aromatic rings. The Bertz CT molecular complexity index is 375. The van der Waals surface area contributed by atoms with Gasteiger partial charge in [-0.1, -0.05) is 19.8 Å². The fourth-order valence-electron chi connectivity index (χ4n) is 3.21. The average molecular weight is 249 g/mol. The van der Waals surface area contributed by atoms with Gasteiger partial charge in [0.2, 0.25) is 0 Å². The van der Waals surface area contributed by atoms with Gasteiger partial charge in [0.05, 0.1) is 5.69 Å². The van der Waals surface area contributed by atoms with Gasteiger partial charge in [0.1, 0.15) is 0 Å². The van der Waals surface area contributed by atoms with Gasteiger partial charge in [-0.2, -0.15) is 5.10 Å². The van der Waals surface area contributed by atoms with Crippen molar-refractivity contribution in [3.63, 3.8) is 0 Å². The molecule has 0 aromatic carbocycles. The lowest BCUT2D eigenvalue weighted by Crippen LogP contribution is -2.42. The topological polar surface area (TPSA) is 29.9 Å². The van der Waals surface area contributed by atoms with Crippen LogP contribution in [0.5, 0.6) is 0 Å². The van der Waals surface area contributed by atoms with Crippen molar-refractivity contribution < 1.29 is 0 Å². The third-order valence-corrected chi connectivity index (χ3v) is 4.54. The van der Waals surface area contributed by atoms with Crippen molar-refractivity contribution in [1.82, 2.24) is 15.1 Å². The van der Waals surface area contributed by atoms with Crippen LogP contribution in [0.1, 0.15) is 58.2 Å². The third kappa shape index (κ3) is 2.77. The second-order valence-corrected chi connectivity index (χ2v) is 6.29. The van der Waals surface area contributed by atoms with Crippen LogP contribution in [0.2, 0.25) is 0 Å². The molecule has 1 heterocycles. The van der Waals surface area contributed by atoms with Crippen LogP contribution in [0.4, 0.5) is 0 Å². The van der Waals surface area contributed by atoms with Crippen LogP contribution in [-0.4, -0.2) is 22.9 Å². The number of likely N-dealkylation sites (N-methyl/N-ethyl adjacent to an activating group) is 1. The van der Waals surface area contributed by atoms with Crippen LogP contribution < -0.4 is 5.32 Å². The minimum absolute atomic E-state index is 0.453. The van der Waals surface area contributed by atoms with E-state index in [1.807, 2.05) is 0 Å². The van der Waals surface area contributed by atoms with Gasteiger partial charge in [-0.3, -0.25) is 4.68 Å². The van der Waals surface area contributed by atoms with E-state index in [-0.39, 0.29) is 0 Å². The molecule has 1 aliphatic rings. The molecule has 18 heavy (non-hydrogen) atoms. The van der Waals surface area contributed by atoms with E-state index in [9.17, 15) is 0 Å². The number of aromatic nitrogens is 2. The third-order valence-electron chi connectivity index (χ3n) is 4.54. The van der Waals surface area contributed by atoms with Crippen LogP contribution in [0, 0.1) is 5.41 Å².